The van der Waals surface area contributed by atoms with Gasteiger partial charge >= 0.3 is 12.0 Å². The number of carbonyl (C=O) groups excluding carboxylic acids is 2. The van der Waals surface area contributed by atoms with E-state index in [4.69, 9.17) is 4.74 Å². The Labute approximate surface area is 128 Å². The van der Waals surface area contributed by atoms with Crippen LogP contribution in [0.25, 0.3) is 0 Å². The van der Waals surface area contributed by atoms with Crippen molar-refractivity contribution < 1.29 is 14.3 Å². The van der Waals surface area contributed by atoms with Gasteiger partial charge in [-0.1, -0.05) is 17.7 Å². The topological polar surface area (TPSA) is 58.6 Å². The standard InChI is InChI=1S/C16H28N2O3/c1-7-11-17-16(20)18(13(5)6)14(10-9-12(3)4)15(19)21-8-2/h7,9,13-14H,1,8,10-11H2,2-6H3,(H,17,20). The normalized spacial score (nSPS) is 11.5. The molecule has 0 spiro atoms. The summed E-state index contributed by atoms with van der Waals surface area (Å²) in [4.78, 5) is 26.0. The summed E-state index contributed by atoms with van der Waals surface area (Å²) in [7, 11) is 0. The van der Waals surface area contributed by atoms with E-state index in [1.807, 2.05) is 33.8 Å². The number of allylic oxidation sites excluding steroid dienone is 1. The minimum atomic E-state index is -0.621. The van der Waals surface area contributed by atoms with Crippen molar-refractivity contribution in [3.8, 4) is 0 Å². The lowest BCUT2D eigenvalue weighted by atomic mass is 10.1. The van der Waals surface area contributed by atoms with Crippen molar-refractivity contribution in [1.82, 2.24) is 10.2 Å². The summed E-state index contributed by atoms with van der Waals surface area (Å²) >= 11 is 0. The van der Waals surface area contributed by atoms with Gasteiger partial charge in [0.2, 0.25) is 0 Å². The van der Waals surface area contributed by atoms with E-state index in [1.165, 1.54) is 4.90 Å². The van der Waals surface area contributed by atoms with Gasteiger partial charge in [0.1, 0.15) is 6.04 Å². The lowest BCUT2D eigenvalue weighted by Gasteiger charge is -2.33. The second-order valence-electron chi connectivity index (χ2n) is 5.26. The third-order valence-corrected chi connectivity index (χ3v) is 2.83. The number of urea groups is 1. The lowest BCUT2D eigenvalue weighted by molar-refractivity contribution is -0.148. The fourth-order valence-electron chi connectivity index (χ4n) is 1.90. The van der Waals surface area contributed by atoms with Crippen LogP contribution in [0, 0.1) is 0 Å². The maximum absolute atomic E-state index is 12.3. The van der Waals surface area contributed by atoms with Gasteiger partial charge in [0.15, 0.2) is 0 Å². The summed E-state index contributed by atoms with van der Waals surface area (Å²) in [5, 5.41) is 2.72. The number of amides is 2. The molecular weight excluding hydrogens is 268 g/mol. The van der Waals surface area contributed by atoms with Gasteiger partial charge in [-0.2, -0.15) is 0 Å². The predicted octanol–water partition coefficient (Wildman–Crippen LogP) is 2.88. The molecule has 5 nitrogen and oxygen atoms in total. The van der Waals surface area contributed by atoms with E-state index in [0.29, 0.717) is 19.6 Å². The first-order valence-electron chi connectivity index (χ1n) is 7.32. The molecule has 0 rings (SSSR count). The van der Waals surface area contributed by atoms with Crippen molar-refractivity contribution in [3.63, 3.8) is 0 Å². The Morgan fingerprint density at radius 2 is 1.95 bits per heavy atom. The van der Waals surface area contributed by atoms with Crippen LogP contribution in [0.4, 0.5) is 4.79 Å². The molecule has 120 valence electrons. The van der Waals surface area contributed by atoms with E-state index in [2.05, 4.69) is 11.9 Å². The number of carbonyl (C=O) groups is 2. The van der Waals surface area contributed by atoms with Crippen LogP contribution in [0.2, 0.25) is 0 Å². The number of ether oxygens (including phenoxy) is 1. The molecule has 0 aliphatic heterocycles. The SMILES string of the molecule is C=CCNC(=O)N(C(C)C)C(CC=C(C)C)C(=O)OCC. The molecular formula is C16H28N2O3. The van der Waals surface area contributed by atoms with Crippen molar-refractivity contribution in [2.45, 2.75) is 53.1 Å². The quantitative estimate of drug-likeness (QED) is 0.553. The first-order chi connectivity index (χ1) is 9.84. The highest BCUT2D eigenvalue weighted by Gasteiger charge is 2.31. The summed E-state index contributed by atoms with van der Waals surface area (Å²) < 4.78 is 5.11. The van der Waals surface area contributed by atoms with Crippen LogP contribution >= 0.6 is 0 Å². The molecule has 21 heavy (non-hydrogen) atoms. The van der Waals surface area contributed by atoms with Gasteiger partial charge in [-0.05, 0) is 41.0 Å². The van der Waals surface area contributed by atoms with Crippen LogP contribution in [0.1, 0.15) is 41.0 Å². The maximum Gasteiger partial charge on any atom is 0.329 e. The van der Waals surface area contributed by atoms with Crippen LogP contribution in [0.15, 0.2) is 24.3 Å². The van der Waals surface area contributed by atoms with Gasteiger partial charge in [-0.3, -0.25) is 0 Å². The fraction of sp³-hybridized carbons (Fsp3) is 0.625. The van der Waals surface area contributed by atoms with Gasteiger partial charge in [0, 0.05) is 12.6 Å². The highest BCUT2D eigenvalue weighted by atomic mass is 16.5. The molecule has 0 bridgehead atoms. The molecule has 0 radical (unpaired) electrons. The second-order valence-corrected chi connectivity index (χ2v) is 5.26. The molecule has 0 aliphatic rings. The number of esters is 1. The molecule has 0 aromatic heterocycles. The number of rotatable bonds is 8. The summed E-state index contributed by atoms with van der Waals surface area (Å²) in [6.07, 6.45) is 3.99. The van der Waals surface area contributed by atoms with E-state index < -0.39 is 6.04 Å². The van der Waals surface area contributed by atoms with Crippen molar-refractivity contribution >= 4 is 12.0 Å². The largest absolute Gasteiger partial charge is 0.464 e. The summed E-state index contributed by atoms with van der Waals surface area (Å²) in [6.45, 7) is 13.7. The molecule has 0 aromatic rings. The predicted molar refractivity (Wildman–Crippen MR) is 85.0 cm³/mol. The number of nitrogens with zero attached hydrogens (tertiary/aromatic N) is 1. The van der Waals surface area contributed by atoms with Crippen LogP contribution < -0.4 is 5.32 Å². The van der Waals surface area contributed by atoms with Crippen molar-refractivity contribution in [2.75, 3.05) is 13.2 Å². The van der Waals surface area contributed by atoms with E-state index in [-0.39, 0.29) is 18.0 Å². The third kappa shape index (κ3) is 6.97. The van der Waals surface area contributed by atoms with Crippen molar-refractivity contribution in [3.05, 3.63) is 24.3 Å². The minimum Gasteiger partial charge on any atom is -0.464 e. The van der Waals surface area contributed by atoms with Crippen LogP contribution in [0.3, 0.4) is 0 Å². The average Bonchev–Trinajstić information content (AvgIpc) is 2.40. The molecule has 5 heteroatoms. The van der Waals surface area contributed by atoms with Crippen LogP contribution in [-0.4, -0.2) is 42.1 Å². The van der Waals surface area contributed by atoms with E-state index >= 15 is 0 Å². The summed E-state index contributed by atoms with van der Waals surface area (Å²) in [5.41, 5.74) is 1.10. The zero-order valence-corrected chi connectivity index (χ0v) is 13.8. The molecule has 1 atom stereocenters. The van der Waals surface area contributed by atoms with E-state index in [1.54, 1.807) is 13.0 Å². The lowest BCUT2D eigenvalue weighted by Crippen LogP contribution is -2.53. The molecule has 1 N–H and O–H groups in total. The smallest absolute Gasteiger partial charge is 0.329 e. The Morgan fingerprint density at radius 1 is 1.33 bits per heavy atom. The molecule has 0 fully saturated rings. The Kier molecular flexibility index (Phi) is 9.17. The minimum absolute atomic E-state index is 0.116. The second kappa shape index (κ2) is 10.0. The first-order valence-corrected chi connectivity index (χ1v) is 7.32. The average molecular weight is 296 g/mol. The highest BCUT2D eigenvalue weighted by molar-refractivity contribution is 5.84. The van der Waals surface area contributed by atoms with Gasteiger partial charge < -0.3 is 15.0 Å². The van der Waals surface area contributed by atoms with E-state index in [0.717, 1.165) is 5.57 Å². The molecule has 0 saturated heterocycles. The number of hydrogen-bond donors (Lipinski definition) is 1. The fourth-order valence-corrected chi connectivity index (χ4v) is 1.90. The Bertz CT molecular complexity index is 385. The van der Waals surface area contributed by atoms with Crippen molar-refractivity contribution in [2.24, 2.45) is 0 Å². The van der Waals surface area contributed by atoms with Gasteiger partial charge in [-0.15, -0.1) is 6.58 Å². The summed E-state index contributed by atoms with van der Waals surface area (Å²) in [6, 6.07) is -1.02. The number of nitrogens with one attached hydrogen (secondary N) is 1. The number of hydrogen-bond acceptors (Lipinski definition) is 3. The van der Waals surface area contributed by atoms with E-state index in [9.17, 15) is 9.59 Å². The molecule has 1 unspecified atom stereocenters. The molecule has 0 aromatic carbocycles. The molecule has 0 saturated carbocycles. The molecule has 0 aliphatic carbocycles. The van der Waals surface area contributed by atoms with Crippen LogP contribution in [-0.2, 0) is 9.53 Å². The Morgan fingerprint density at radius 3 is 2.38 bits per heavy atom. The zero-order chi connectivity index (χ0) is 16.4. The summed E-state index contributed by atoms with van der Waals surface area (Å²) in [5.74, 6) is -0.377. The Balaban J connectivity index is 5.25. The van der Waals surface area contributed by atoms with Gasteiger partial charge in [0.25, 0.3) is 0 Å². The monoisotopic (exact) mass is 296 g/mol. The third-order valence-electron chi connectivity index (χ3n) is 2.83. The van der Waals surface area contributed by atoms with Gasteiger partial charge in [0.05, 0.1) is 6.61 Å². The zero-order valence-electron chi connectivity index (χ0n) is 13.8. The van der Waals surface area contributed by atoms with Gasteiger partial charge in [-0.25, -0.2) is 9.59 Å². The Hall–Kier alpha value is -1.78. The van der Waals surface area contributed by atoms with Crippen molar-refractivity contribution in [1.29, 1.82) is 0 Å². The molecule has 0 heterocycles. The van der Waals surface area contributed by atoms with Crippen LogP contribution in [0.5, 0.6) is 0 Å². The molecule has 2 amide bonds. The first kappa shape index (κ1) is 19.2. The maximum atomic E-state index is 12.3. The highest BCUT2D eigenvalue weighted by Crippen LogP contribution is 2.14.